The maximum absolute atomic E-state index is 11.9. The molecular weight excluding hydrogens is 294 g/mol. The molecule has 1 aromatic carbocycles. The maximum Gasteiger partial charge on any atom is 0.270 e. The molecule has 2 rings (SSSR count). The molecule has 2 aromatic rings. The zero-order chi connectivity index (χ0) is 16.8. The number of benzene rings is 1. The van der Waals surface area contributed by atoms with E-state index in [4.69, 9.17) is 4.74 Å². The second-order valence-corrected chi connectivity index (χ2v) is 5.49. The van der Waals surface area contributed by atoms with E-state index in [9.17, 15) is 4.79 Å². The second-order valence-electron chi connectivity index (χ2n) is 5.49. The molecule has 0 saturated carbocycles. The quantitative estimate of drug-likeness (QED) is 0.793. The van der Waals surface area contributed by atoms with Crippen molar-refractivity contribution in [3.63, 3.8) is 0 Å². The van der Waals surface area contributed by atoms with Gasteiger partial charge in [-0.2, -0.15) is 4.80 Å². The number of nitrogens with zero attached hydrogens (tertiary/aromatic N) is 4. The Bertz CT molecular complexity index is 694. The summed E-state index contributed by atoms with van der Waals surface area (Å²) < 4.78 is 5.66. The number of anilines is 1. The van der Waals surface area contributed by atoms with Crippen molar-refractivity contribution >= 4 is 11.9 Å². The molecular formula is C16H21N5O2. The van der Waals surface area contributed by atoms with Gasteiger partial charge in [0.05, 0.1) is 6.54 Å². The maximum atomic E-state index is 11.9. The molecule has 0 unspecified atom stereocenters. The fraction of sp³-hybridized carbons (Fsp3) is 0.375. The third kappa shape index (κ3) is 4.64. The highest BCUT2D eigenvalue weighted by molar-refractivity contribution is 5.90. The van der Waals surface area contributed by atoms with Gasteiger partial charge in [0.25, 0.3) is 11.9 Å². The summed E-state index contributed by atoms with van der Waals surface area (Å²) >= 11 is 0. The first-order valence-corrected chi connectivity index (χ1v) is 7.41. The summed E-state index contributed by atoms with van der Waals surface area (Å²) in [6.07, 6.45) is 1.64. The van der Waals surface area contributed by atoms with Crippen LogP contribution in [0.2, 0.25) is 0 Å². The van der Waals surface area contributed by atoms with E-state index in [1.54, 1.807) is 6.08 Å². The van der Waals surface area contributed by atoms with Crippen LogP contribution in [0, 0.1) is 6.92 Å². The third-order valence-electron chi connectivity index (χ3n) is 3.15. The molecule has 0 atom stereocenters. The van der Waals surface area contributed by atoms with Crippen LogP contribution in [0.15, 0.2) is 30.9 Å². The topological polar surface area (TPSA) is 81.9 Å². The number of carbonyl (C=O) groups excluding carboxylic acids is 1. The van der Waals surface area contributed by atoms with E-state index in [0.717, 1.165) is 16.9 Å². The molecule has 0 aliphatic carbocycles. The van der Waals surface area contributed by atoms with Crippen LogP contribution in [0.1, 0.15) is 30.9 Å². The van der Waals surface area contributed by atoms with Crippen LogP contribution in [0.25, 0.3) is 0 Å². The Hall–Kier alpha value is -2.70. The van der Waals surface area contributed by atoms with Crippen molar-refractivity contribution in [1.29, 1.82) is 0 Å². The molecule has 1 aromatic heterocycles. The smallest absolute Gasteiger partial charge is 0.270 e. The minimum atomic E-state index is -0.334. The minimum absolute atomic E-state index is 0.112. The number of hydrogen-bond acceptors (Lipinski definition) is 5. The molecule has 7 nitrogen and oxygen atoms in total. The lowest BCUT2D eigenvalue weighted by Crippen LogP contribution is -2.21. The van der Waals surface area contributed by atoms with Gasteiger partial charge in [0.15, 0.2) is 6.61 Å². The fourth-order valence-electron chi connectivity index (χ4n) is 2.03. The molecule has 7 heteroatoms. The van der Waals surface area contributed by atoms with Crippen LogP contribution in [0.5, 0.6) is 5.75 Å². The van der Waals surface area contributed by atoms with Gasteiger partial charge in [-0.3, -0.25) is 10.1 Å². The molecule has 0 saturated heterocycles. The number of hydrogen-bond donors (Lipinski definition) is 1. The van der Waals surface area contributed by atoms with E-state index in [0.29, 0.717) is 12.5 Å². The first-order valence-electron chi connectivity index (χ1n) is 7.41. The monoisotopic (exact) mass is 315 g/mol. The summed E-state index contributed by atoms with van der Waals surface area (Å²) in [7, 11) is 0. The Morgan fingerprint density at radius 2 is 2.26 bits per heavy atom. The second kappa shape index (κ2) is 7.53. The molecule has 1 N–H and O–H groups in total. The van der Waals surface area contributed by atoms with E-state index in [-0.39, 0.29) is 18.5 Å². The molecule has 0 aliphatic heterocycles. The predicted molar refractivity (Wildman–Crippen MR) is 87.4 cm³/mol. The zero-order valence-corrected chi connectivity index (χ0v) is 13.6. The Morgan fingerprint density at radius 1 is 1.48 bits per heavy atom. The summed E-state index contributed by atoms with van der Waals surface area (Å²) in [6.45, 7) is 10.1. The molecule has 0 spiro atoms. The van der Waals surface area contributed by atoms with Crippen LogP contribution >= 0.6 is 0 Å². The lowest BCUT2D eigenvalue weighted by molar-refractivity contribution is -0.118. The summed E-state index contributed by atoms with van der Waals surface area (Å²) in [5, 5.41) is 14.1. The average Bonchev–Trinajstić information content (AvgIpc) is 2.92. The van der Waals surface area contributed by atoms with E-state index in [2.05, 4.69) is 41.2 Å². The Morgan fingerprint density at radius 3 is 2.96 bits per heavy atom. The van der Waals surface area contributed by atoms with Crippen LogP contribution in [0.3, 0.4) is 0 Å². The highest BCUT2D eigenvalue weighted by Crippen LogP contribution is 2.27. The lowest BCUT2D eigenvalue weighted by Gasteiger charge is -2.14. The number of tetrazole rings is 1. The van der Waals surface area contributed by atoms with Gasteiger partial charge in [0.2, 0.25) is 0 Å². The van der Waals surface area contributed by atoms with E-state index in [1.165, 1.54) is 4.80 Å². The molecule has 1 amide bonds. The number of rotatable bonds is 7. The van der Waals surface area contributed by atoms with Crippen molar-refractivity contribution < 1.29 is 9.53 Å². The van der Waals surface area contributed by atoms with Crippen molar-refractivity contribution in [3.8, 4) is 5.75 Å². The van der Waals surface area contributed by atoms with Crippen LogP contribution in [-0.4, -0.2) is 32.7 Å². The summed E-state index contributed by atoms with van der Waals surface area (Å²) in [6, 6.07) is 5.99. The summed E-state index contributed by atoms with van der Waals surface area (Å²) in [5.74, 6) is 0.848. The number of ether oxygens (including phenoxy) is 1. The molecule has 0 radical (unpaired) electrons. The van der Waals surface area contributed by atoms with Crippen molar-refractivity contribution in [1.82, 2.24) is 20.2 Å². The van der Waals surface area contributed by atoms with Gasteiger partial charge in [-0.1, -0.05) is 37.2 Å². The first kappa shape index (κ1) is 16.7. The number of aromatic nitrogens is 4. The highest BCUT2D eigenvalue weighted by atomic mass is 16.5. The van der Waals surface area contributed by atoms with Crippen LogP contribution < -0.4 is 10.1 Å². The van der Waals surface area contributed by atoms with Crippen LogP contribution in [0.4, 0.5) is 5.95 Å². The average molecular weight is 315 g/mol. The molecule has 1 heterocycles. The fourth-order valence-corrected chi connectivity index (χ4v) is 2.03. The third-order valence-corrected chi connectivity index (χ3v) is 3.15. The number of allylic oxidation sites excluding steroid dienone is 1. The van der Waals surface area contributed by atoms with Crippen molar-refractivity contribution in [2.45, 2.75) is 33.2 Å². The van der Waals surface area contributed by atoms with Crippen molar-refractivity contribution in [2.24, 2.45) is 0 Å². The number of nitrogens with one attached hydrogen (secondary N) is 1. The van der Waals surface area contributed by atoms with Gasteiger partial charge in [-0.05, 0) is 35.2 Å². The molecule has 0 fully saturated rings. The predicted octanol–water partition coefficient (Wildman–Crippen LogP) is 2.31. The normalized spacial score (nSPS) is 10.6. The summed E-state index contributed by atoms with van der Waals surface area (Å²) in [5.41, 5.74) is 2.15. The Balaban J connectivity index is 1.96. The SMILES string of the molecule is C=CCn1nnc(NC(=O)COc2cc(C)ccc2C(C)C)n1. The number of aryl methyl sites for hydroxylation is 1. The highest BCUT2D eigenvalue weighted by Gasteiger charge is 2.12. The van der Waals surface area contributed by atoms with Gasteiger partial charge < -0.3 is 4.74 Å². The van der Waals surface area contributed by atoms with E-state index in [1.807, 2.05) is 25.1 Å². The molecule has 0 bridgehead atoms. The van der Waals surface area contributed by atoms with Crippen molar-refractivity contribution in [2.75, 3.05) is 11.9 Å². The zero-order valence-electron chi connectivity index (χ0n) is 13.6. The van der Waals surface area contributed by atoms with Gasteiger partial charge in [0.1, 0.15) is 5.75 Å². The first-order chi connectivity index (χ1) is 11.0. The standard InChI is InChI=1S/C16H21N5O2/c1-5-8-21-19-16(18-20-21)17-15(22)10-23-14-9-12(4)6-7-13(14)11(2)3/h5-7,9,11H,1,8,10H2,2-4H3,(H,17,19,22). The Kier molecular flexibility index (Phi) is 5.46. The van der Waals surface area contributed by atoms with Gasteiger partial charge in [-0.15, -0.1) is 11.7 Å². The minimum Gasteiger partial charge on any atom is -0.483 e. The molecule has 0 aliphatic rings. The van der Waals surface area contributed by atoms with Gasteiger partial charge >= 0.3 is 0 Å². The van der Waals surface area contributed by atoms with E-state index < -0.39 is 0 Å². The summed E-state index contributed by atoms with van der Waals surface area (Å²) in [4.78, 5) is 13.3. The van der Waals surface area contributed by atoms with Gasteiger partial charge in [-0.25, -0.2) is 0 Å². The van der Waals surface area contributed by atoms with E-state index >= 15 is 0 Å². The Labute approximate surface area is 135 Å². The molecule has 122 valence electrons. The van der Waals surface area contributed by atoms with Crippen LogP contribution in [-0.2, 0) is 11.3 Å². The molecule has 23 heavy (non-hydrogen) atoms. The van der Waals surface area contributed by atoms with Crippen molar-refractivity contribution in [3.05, 3.63) is 42.0 Å². The van der Waals surface area contributed by atoms with Gasteiger partial charge in [0, 0.05) is 0 Å². The number of carbonyl (C=O) groups is 1. The lowest BCUT2D eigenvalue weighted by atomic mass is 10.0. The number of amides is 1. The largest absolute Gasteiger partial charge is 0.483 e.